The van der Waals surface area contributed by atoms with E-state index in [0.717, 1.165) is 0 Å². The number of nitrogens with zero attached hydrogens (tertiary/aromatic N) is 2. The van der Waals surface area contributed by atoms with Crippen molar-refractivity contribution in [3.63, 3.8) is 0 Å². The Labute approximate surface area is 89.5 Å². The second kappa shape index (κ2) is 4.73. The quantitative estimate of drug-likeness (QED) is 0.719. The molecule has 15 heavy (non-hydrogen) atoms. The summed E-state index contributed by atoms with van der Waals surface area (Å²) in [6, 6.07) is 0. The van der Waals surface area contributed by atoms with Crippen LogP contribution in [0, 0.1) is 0 Å². The van der Waals surface area contributed by atoms with E-state index in [1.807, 2.05) is 6.92 Å². The summed E-state index contributed by atoms with van der Waals surface area (Å²) in [7, 11) is -1.96. The van der Waals surface area contributed by atoms with Crippen LogP contribution < -0.4 is 5.73 Å². The van der Waals surface area contributed by atoms with Crippen LogP contribution in [0.25, 0.3) is 0 Å². The van der Waals surface area contributed by atoms with Crippen LogP contribution in [-0.4, -0.2) is 42.8 Å². The molecule has 0 fully saturated rings. The number of aromatic amines is 1. The minimum atomic E-state index is -3.46. The Morgan fingerprint density at radius 2 is 2.27 bits per heavy atom. The molecule has 0 spiro atoms. The zero-order chi connectivity index (χ0) is 11.5. The maximum absolute atomic E-state index is 11.9. The number of nitrogens with two attached hydrogens (primary N) is 1. The van der Waals surface area contributed by atoms with Crippen molar-refractivity contribution in [1.82, 2.24) is 14.3 Å². The molecule has 7 heteroatoms. The van der Waals surface area contributed by atoms with E-state index in [-0.39, 0.29) is 5.03 Å². The highest BCUT2D eigenvalue weighted by atomic mass is 32.2. The summed E-state index contributed by atoms with van der Waals surface area (Å²) in [4.78, 5) is 6.71. The van der Waals surface area contributed by atoms with Gasteiger partial charge < -0.3 is 10.7 Å². The summed E-state index contributed by atoms with van der Waals surface area (Å²) >= 11 is 0. The molecule has 86 valence electrons. The lowest BCUT2D eigenvalue weighted by Gasteiger charge is -2.14. The number of aromatic nitrogens is 2. The maximum atomic E-state index is 11.9. The normalized spacial score (nSPS) is 12.3. The van der Waals surface area contributed by atoms with Crippen molar-refractivity contribution in [3.8, 4) is 0 Å². The summed E-state index contributed by atoms with van der Waals surface area (Å²) < 4.78 is 24.9. The van der Waals surface area contributed by atoms with Gasteiger partial charge >= 0.3 is 0 Å². The van der Waals surface area contributed by atoms with Crippen LogP contribution in [0.4, 0.5) is 0 Å². The molecule has 0 saturated carbocycles. The van der Waals surface area contributed by atoms with Crippen molar-refractivity contribution in [2.24, 2.45) is 5.73 Å². The standard InChI is InChI=1S/C8H16N4O2S/c1-3-7-10-6-8(11-7)15(13,14)12(2)5-4-9/h6H,3-5,9H2,1-2H3,(H,10,11). The molecule has 0 saturated heterocycles. The van der Waals surface area contributed by atoms with Crippen LogP contribution in [0.15, 0.2) is 11.2 Å². The van der Waals surface area contributed by atoms with E-state index >= 15 is 0 Å². The van der Waals surface area contributed by atoms with E-state index in [2.05, 4.69) is 9.97 Å². The van der Waals surface area contributed by atoms with Crippen molar-refractivity contribution < 1.29 is 8.42 Å². The molecule has 1 rings (SSSR count). The zero-order valence-electron chi connectivity index (χ0n) is 8.90. The fourth-order valence-electron chi connectivity index (χ4n) is 1.12. The van der Waals surface area contributed by atoms with Crippen LogP contribution in [0.2, 0.25) is 0 Å². The highest BCUT2D eigenvalue weighted by Crippen LogP contribution is 2.11. The van der Waals surface area contributed by atoms with E-state index in [1.165, 1.54) is 17.5 Å². The first-order valence-corrected chi connectivity index (χ1v) is 6.16. The number of rotatable bonds is 5. The molecule has 0 amide bonds. The Balaban J connectivity index is 2.95. The van der Waals surface area contributed by atoms with Crippen molar-refractivity contribution >= 4 is 10.0 Å². The molecule has 1 aromatic rings. The van der Waals surface area contributed by atoms with E-state index in [4.69, 9.17) is 5.73 Å². The zero-order valence-corrected chi connectivity index (χ0v) is 9.71. The van der Waals surface area contributed by atoms with Crippen molar-refractivity contribution in [3.05, 3.63) is 12.0 Å². The van der Waals surface area contributed by atoms with Gasteiger partial charge in [0.05, 0.1) is 6.20 Å². The Morgan fingerprint density at radius 1 is 1.60 bits per heavy atom. The number of hydrogen-bond donors (Lipinski definition) is 2. The number of imidazole rings is 1. The van der Waals surface area contributed by atoms with E-state index in [1.54, 1.807) is 0 Å². The van der Waals surface area contributed by atoms with Gasteiger partial charge in [0.1, 0.15) is 5.82 Å². The number of sulfonamides is 1. The van der Waals surface area contributed by atoms with Gasteiger partial charge in [0.2, 0.25) is 0 Å². The molecule has 6 nitrogen and oxygen atoms in total. The Bertz CT molecular complexity index is 412. The lowest BCUT2D eigenvalue weighted by Crippen LogP contribution is -2.32. The molecule has 0 bridgehead atoms. The molecule has 0 aromatic carbocycles. The molecule has 0 aliphatic rings. The molecule has 1 aromatic heterocycles. The lowest BCUT2D eigenvalue weighted by atomic mass is 10.5. The predicted octanol–water partition coefficient (Wildman–Crippen LogP) is -0.449. The summed E-state index contributed by atoms with van der Waals surface area (Å²) in [6.07, 6.45) is 2.01. The highest BCUT2D eigenvalue weighted by molar-refractivity contribution is 7.89. The fraction of sp³-hybridized carbons (Fsp3) is 0.625. The summed E-state index contributed by atoms with van der Waals surface area (Å²) in [5.41, 5.74) is 5.30. The lowest BCUT2D eigenvalue weighted by molar-refractivity contribution is 0.474. The second-order valence-corrected chi connectivity index (χ2v) is 5.18. The molecule has 0 aliphatic heterocycles. The van der Waals surface area contributed by atoms with Crippen molar-refractivity contribution in [1.29, 1.82) is 0 Å². The van der Waals surface area contributed by atoms with Gasteiger partial charge in [-0.3, -0.25) is 0 Å². The SMILES string of the molecule is CCc1ncc(S(=O)(=O)N(C)CCN)[nH]1. The monoisotopic (exact) mass is 232 g/mol. The van der Waals surface area contributed by atoms with Gasteiger partial charge in [0.15, 0.2) is 5.03 Å². The molecule has 0 atom stereocenters. The third kappa shape index (κ3) is 2.55. The Kier molecular flexibility index (Phi) is 3.83. The molecule has 0 radical (unpaired) electrons. The molecule has 1 heterocycles. The topological polar surface area (TPSA) is 92.1 Å². The average Bonchev–Trinajstić information content (AvgIpc) is 2.66. The van der Waals surface area contributed by atoms with Crippen LogP contribution in [-0.2, 0) is 16.4 Å². The first-order chi connectivity index (χ1) is 7.02. The number of nitrogens with one attached hydrogen (secondary N) is 1. The van der Waals surface area contributed by atoms with Gasteiger partial charge in [-0.1, -0.05) is 6.92 Å². The van der Waals surface area contributed by atoms with Crippen LogP contribution in [0.5, 0.6) is 0 Å². The molecule has 0 unspecified atom stereocenters. The minimum Gasteiger partial charge on any atom is -0.332 e. The van der Waals surface area contributed by atoms with Crippen LogP contribution >= 0.6 is 0 Å². The smallest absolute Gasteiger partial charge is 0.259 e. The summed E-state index contributed by atoms with van der Waals surface area (Å²) in [5.74, 6) is 0.662. The summed E-state index contributed by atoms with van der Waals surface area (Å²) in [5, 5.41) is 0.121. The second-order valence-electron chi connectivity index (χ2n) is 3.16. The van der Waals surface area contributed by atoms with Crippen molar-refractivity contribution in [2.75, 3.05) is 20.1 Å². The van der Waals surface area contributed by atoms with E-state index < -0.39 is 10.0 Å². The van der Waals surface area contributed by atoms with Gasteiger partial charge in [-0.25, -0.2) is 13.4 Å². The number of likely N-dealkylation sites (N-methyl/N-ethyl adjacent to an activating group) is 1. The van der Waals surface area contributed by atoms with Gasteiger partial charge in [0, 0.05) is 26.6 Å². The van der Waals surface area contributed by atoms with Gasteiger partial charge in [-0.05, 0) is 0 Å². The number of hydrogen-bond acceptors (Lipinski definition) is 4. The first kappa shape index (κ1) is 12.2. The maximum Gasteiger partial charge on any atom is 0.259 e. The predicted molar refractivity (Wildman–Crippen MR) is 56.8 cm³/mol. The van der Waals surface area contributed by atoms with Crippen molar-refractivity contribution in [2.45, 2.75) is 18.4 Å². The van der Waals surface area contributed by atoms with Gasteiger partial charge in [-0.2, -0.15) is 4.31 Å². The molecule has 3 N–H and O–H groups in total. The minimum absolute atomic E-state index is 0.121. The average molecular weight is 232 g/mol. The molecular weight excluding hydrogens is 216 g/mol. The third-order valence-electron chi connectivity index (χ3n) is 2.07. The molecular formula is C8H16N4O2S. The largest absolute Gasteiger partial charge is 0.332 e. The Hall–Kier alpha value is -0.920. The molecule has 0 aliphatic carbocycles. The summed E-state index contributed by atoms with van der Waals surface area (Å²) in [6.45, 7) is 2.49. The van der Waals surface area contributed by atoms with E-state index in [0.29, 0.717) is 25.3 Å². The van der Waals surface area contributed by atoms with E-state index in [9.17, 15) is 8.42 Å². The van der Waals surface area contributed by atoms with Crippen LogP contribution in [0.3, 0.4) is 0 Å². The fourth-order valence-corrected chi connectivity index (χ4v) is 2.24. The third-order valence-corrected chi connectivity index (χ3v) is 3.84. The Morgan fingerprint density at radius 3 is 2.73 bits per heavy atom. The number of aryl methyl sites for hydroxylation is 1. The first-order valence-electron chi connectivity index (χ1n) is 4.72. The number of H-pyrrole nitrogens is 1. The highest BCUT2D eigenvalue weighted by Gasteiger charge is 2.22. The van der Waals surface area contributed by atoms with Gasteiger partial charge in [-0.15, -0.1) is 0 Å². The van der Waals surface area contributed by atoms with Crippen LogP contribution in [0.1, 0.15) is 12.7 Å². The van der Waals surface area contributed by atoms with Gasteiger partial charge in [0.25, 0.3) is 10.0 Å².